The van der Waals surface area contributed by atoms with E-state index >= 15 is 0 Å². The van der Waals surface area contributed by atoms with Crippen molar-refractivity contribution in [2.24, 2.45) is 0 Å². The van der Waals surface area contributed by atoms with Crippen molar-refractivity contribution in [3.05, 3.63) is 66.1 Å². The predicted molar refractivity (Wildman–Crippen MR) is 94.5 cm³/mol. The minimum absolute atomic E-state index is 0.0684. The lowest BCUT2D eigenvalue weighted by Gasteiger charge is -2.36. The van der Waals surface area contributed by atoms with Gasteiger partial charge in [0.15, 0.2) is 0 Å². The molecule has 1 aliphatic rings. The van der Waals surface area contributed by atoms with Crippen LogP contribution in [0.5, 0.6) is 0 Å². The Bertz CT molecular complexity index is 863. The quantitative estimate of drug-likeness (QED) is 0.729. The van der Waals surface area contributed by atoms with Crippen molar-refractivity contribution >= 4 is 17.2 Å². The number of anilines is 1. The molecular weight excluding hydrogens is 300 g/mol. The van der Waals surface area contributed by atoms with Gasteiger partial charge in [0.2, 0.25) is 0 Å². The van der Waals surface area contributed by atoms with Crippen molar-refractivity contribution in [2.45, 2.75) is 6.92 Å². The molecule has 3 heterocycles. The van der Waals surface area contributed by atoms with Crippen molar-refractivity contribution in [2.75, 3.05) is 31.1 Å². The first-order valence-electron chi connectivity index (χ1n) is 8.26. The Morgan fingerprint density at radius 3 is 2.50 bits per heavy atom. The molecular formula is C19H20N4O. The molecule has 1 amide bonds. The van der Waals surface area contributed by atoms with Gasteiger partial charge in [-0.15, -0.1) is 0 Å². The second kappa shape index (κ2) is 6.00. The van der Waals surface area contributed by atoms with Crippen LogP contribution in [0, 0.1) is 6.92 Å². The summed E-state index contributed by atoms with van der Waals surface area (Å²) in [5.74, 6) is 0.0684. The molecule has 4 rings (SSSR count). The Kier molecular flexibility index (Phi) is 3.69. The van der Waals surface area contributed by atoms with Gasteiger partial charge in [-0.2, -0.15) is 0 Å². The Morgan fingerprint density at radius 2 is 1.75 bits per heavy atom. The normalized spacial score (nSPS) is 15.0. The summed E-state index contributed by atoms with van der Waals surface area (Å²) in [4.78, 5) is 21.7. The van der Waals surface area contributed by atoms with Gasteiger partial charge in [0, 0.05) is 44.3 Å². The summed E-state index contributed by atoms with van der Waals surface area (Å²) in [6, 6.07) is 14.1. The van der Waals surface area contributed by atoms with Crippen LogP contribution < -0.4 is 4.90 Å². The van der Waals surface area contributed by atoms with Gasteiger partial charge in [-0.1, -0.05) is 18.2 Å². The molecule has 122 valence electrons. The number of piperazine rings is 1. The van der Waals surface area contributed by atoms with Gasteiger partial charge >= 0.3 is 0 Å². The Hall–Kier alpha value is -2.82. The van der Waals surface area contributed by atoms with Crippen LogP contribution in [0.1, 0.15) is 16.1 Å². The van der Waals surface area contributed by atoms with E-state index in [-0.39, 0.29) is 5.91 Å². The number of benzene rings is 1. The lowest BCUT2D eigenvalue weighted by atomic mass is 10.2. The van der Waals surface area contributed by atoms with E-state index in [4.69, 9.17) is 0 Å². The fraction of sp³-hybridized carbons (Fsp3) is 0.263. The lowest BCUT2D eigenvalue weighted by molar-refractivity contribution is 0.0748. The number of nitrogens with zero attached hydrogens (tertiary/aromatic N) is 4. The summed E-state index contributed by atoms with van der Waals surface area (Å²) in [5, 5.41) is 0. The van der Waals surface area contributed by atoms with Crippen molar-refractivity contribution in [1.82, 2.24) is 14.3 Å². The first-order chi connectivity index (χ1) is 11.7. The number of carbonyl (C=O) groups excluding carboxylic acids is 1. The van der Waals surface area contributed by atoms with E-state index in [9.17, 15) is 4.79 Å². The number of aromatic nitrogens is 2. The average molecular weight is 320 g/mol. The minimum Gasteiger partial charge on any atom is -0.368 e. The molecule has 3 aromatic rings. The Morgan fingerprint density at radius 1 is 1.00 bits per heavy atom. The molecule has 0 spiro atoms. The molecule has 24 heavy (non-hydrogen) atoms. The topological polar surface area (TPSA) is 40.9 Å². The van der Waals surface area contributed by atoms with Gasteiger partial charge in [0.1, 0.15) is 5.65 Å². The highest BCUT2D eigenvalue weighted by Gasteiger charge is 2.24. The Labute approximate surface area is 141 Å². The van der Waals surface area contributed by atoms with Crippen molar-refractivity contribution in [1.29, 1.82) is 0 Å². The van der Waals surface area contributed by atoms with Gasteiger partial charge in [-0.3, -0.25) is 4.79 Å². The first-order valence-corrected chi connectivity index (χ1v) is 8.26. The fourth-order valence-corrected chi connectivity index (χ4v) is 3.28. The van der Waals surface area contributed by atoms with Crippen molar-refractivity contribution < 1.29 is 4.79 Å². The molecule has 5 heteroatoms. The third-order valence-electron chi connectivity index (χ3n) is 4.52. The lowest BCUT2D eigenvalue weighted by Crippen LogP contribution is -2.48. The van der Waals surface area contributed by atoms with Crippen LogP contribution >= 0.6 is 0 Å². The maximum absolute atomic E-state index is 12.9. The van der Waals surface area contributed by atoms with Crippen LogP contribution in [0.15, 0.2) is 54.9 Å². The van der Waals surface area contributed by atoms with Gasteiger partial charge in [0.05, 0.1) is 11.3 Å². The van der Waals surface area contributed by atoms with E-state index < -0.39 is 0 Å². The smallest absolute Gasteiger partial charge is 0.257 e. The molecule has 5 nitrogen and oxygen atoms in total. The van der Waals surface area contributed by atoms with Gasteiger partial charge < -0.3 is 14.2 Å². The number of carbonyl (C=O) groups is 1. The van der Waals surface area contributed by atoms with Crippen LogP contribution in [0.3, 0.4) is 0 Å². The number of amides is 1. The molecule has 0 unspecified atom stereocenters. The van der Waals surface area contributed by atoms with E-state index in [0.29, 0.717) is 5.56 Å². The molecule has 2 aromatic heterocycles. The van der Waals surface area contributed by atoms with Gasteiger partial charge in [-0.25, -0.2) is 4.98 Å². The number of rotatable bonds is 2. The zero-order chi connectivity index (χ0) is 16.5. The largest absolute Gasteiger partial charge is 0.368 e. The van der Waals surface area contributed by atoms with Crippen molar-refractivity contribution in [3.63, 3.8) is 0 Å². The highest BCUT2D eigenvalue weighted by Crippen LogP contribution is 2.18. The van der Waals surface area contributed by atoms with E-state index in [0.717, 1.165) is 37.5 Å². The van der Waals surface area contributed by atoms with E-state index in [1.165, 1.54) is 5.69 Å². The first kappa shape index (κ1) is 14.8. The molecule has 0 N–H and O–H groups in total. The number of aryl methyl sites for hydroxylation is 1. The number of para-hydroxylation sites is 1. The number of hydrogen-bond donors (Lipinski definition) is 0. The summed E-state index contributed by atoms with van der Waals surface area (Å²) >= 11 is 0. The van der Waals surface area contributed by atoms with Crippen LogP contribution in [-0.2, 0) is 0 Å². The predicted octanol–water partition coefficient (Wildman–Crippen LogP) is 2.61. The van der Waals surface area contributed by atoms with Crippen LogP contribution in [0.4, 0.5) is 5.69 Å². The molecule has 0 atom stereocenters. The molecule has 1 aliphatic heterocycles. The monoisotopic (exact) mass is 320 g/mol. The third-order valence-corrected chi connectivity index (χ3v) is 4.52. The van der Waals surface area contributed by atoms with Crippen LogP contribution in [0.2, 0.25) is 0 Å². The fourth-order valence-electron chi connectivity index (χ4n) is 3.28. The number of fused-ring (bicyclic) bond motifs is 1. The second-order valence-corrected chi connectivity index (χ2v) is 6.15. The molecule has 0 saturated carbocycles. The minimum atomic E-state index is 0.0684. The number of imidazole rings is 1. The standard InChI is InChI=1S/C19H20N4O/c1-15-14-23-9-5-8-17(18(23)20-15)19(24)22-12-10-21(11-13-22)16-6-3-2-4-7-16/h2-9,14H,10-13H2,1H3. The summed E-state index contributed by atoms with van der Waals surface area (Å²) < 4.78 is 1.92. The number of hydrogen-bond acceptors (Lipinski definition) is 3. The maximum Gasteiger partial charge on any atom is 0.257 e. The highest BCUT2D eigenvalue weighted by atomic mass is 16.2. The third kappa shape index (κ3) is 2.62. The number of pyridine rings is 1. The zero-order valence-electron chi connectivity index (χ0n) is 13.7. The average Bonchev–Trinajstić information content (AvgIpc) is 3.02. The van der Waals surface area contributed by atoms with Gasteiger partial charge in [0.25, 0.3) is 5.91 Å². The zero-order valence-corrected chi connectivity index (χ0v) is 13.7. The highest BCUT2D eigenvalue weighted by molar-refractivity contribution is 6.00. The molecule has 0 bridgehead atoms. The van der Waals surface area contributed by atoms with E-state index in [1.54, 1.807) is 0 Å². The SMILES string of the molecule is Cc1cn2cccc(C(=O)N3CCN(c4ccccc4)CC3)c2n1. The van der Waals surface area contributed by atoms with Crippen LogP contribution in [-0.4, -0.2) is 46.4 Å². The van der Waals surface area contributed by atoms with Crippen molar-refractivity contribution in [3.8, 4) is 0 Å². The maximum atomic E-state index is 12.9. The molecule has 1 aromatic carbocycles. The summed E-state index contributed by atoms with van der Waals surface area (Å²) in [6.07, 6.45) is 3.87. The summed E-state index contributed by atoms with van der Waals surface area (Å²) in [6.45, 7) is 5.11. The Balaban J connectivity index is 1.52. The summed E-state index contributed by atoms with van der Waals surface area (Å²) in [5.41, 5.74) is 3.56. The molecule has 0 aliphatic carbocycles. The van der Waals surface area contributed by atoms with Crippen LogP contribution in [0.25, 0.3) is 5.65 Å². The van der Waals surface area contributed by atoms with E-state index in [1.807, 2.05) is 58.9 Å². The summed E-state index contributed by atoms with van der Waals surface area (Å²) in [7, 11) is 0. The molecule has 0 radical (unpaired) electrons. The van der Waals surface area contributed by atoms with Gasteiger partial charge in [-0.05, 0) is 31.2 Å². The molecule has 1 saturated heterocycles. The van der Waals surface area contributed by atoms with E-state index in [2.05, 4.69) is 22.0 Å². The second-order valence-electron chi connectivity index (χ2n) is 6.15. The molecule has 1 fully saturated rings.